The van der Waals surface area contributed by atoms with Gasteiger partial charge in [0, 0.05) is 13.1 Å². The van der Waals surface area contributed by atoms with Crippen LogP contribution in [0.1, 0.15) is 45.6 Å². The first kappa shape index (κ1) is 22.7. The van der Waals surface area contributed by atoms with Crippen molar-refractivity contribution in [2.45, 2.75) is 59.1 Å². The number of nitrogens with one attached hydrogen (secondary N) is 1. The average Bonchev–Trinajstić information content (AvgIpc) is 2.67. The Morgan fingerprint density at radius 3 is 2.72 bits per heavy atom. The molecule has 1 aliphatic rings. The van der Waals surface area contributed by atoms with Crippen molar-refractivity contribution in [2.75, 3.05) is 19.7 Å². The summed E-state index contributed by atoms with van der Waals surface area (Å²) in [5, 5.41) is 2.73. The molecule has 1 aromatic rings. The number of esters is 1. The number of ether oxygens (including phenoxy) is 2. The van der Waals surface area contributed by atoms with Crippen molar-refractivity contribution >= 4 is 17.8 Å². The van der Waals surface area contributed by atoms with Gasteiger partial charge in [-0.15, -0.1) is 0 Å². The maximum Gasteiger partial charge on any atom is 0.308 e. The molecule has 0 aliphatic carbocycles. The number of rotatable bonds is 9. The Morgan fingerprint density at radius 2 is 2.07 bits per heavy atom. The van der Waals surface area contributed by atoms with E-state index < -0.39 is 18.1 Å². The van der Waals surface area contributed by atoms with Gasteiger partial charge < -0.3 is 19.7 Å². The van der Waals surface area contributed by atoms with Gasteiger partial charge in [-0.1, -0.05) is 32.9 Å². The van der Waals surface area contributed by atoms with E-state index in [2.05, 4.69) is 5.32 Å². The van der Waals surface area contributed by atoms with Crippen LogP contribution in [0.2, 0.25) is 0 Å². The largest absolute Gasteiger partial charge is 0.481 e. The van der Waals surface area contributed by atoms with Gasteiger partial charge >= 0.3 is 5.97 Å². The van der Waals surface area contributed by atoms with Crippen LogP contribution in [-0.4, -0.2) is 54.5 Å². The van der Waals surface area contributed by atoms with Crippen molar-refractivity contribution in [3.05, 3.63) is 29.8 Å². The minimum absolute atomic E-state index is 0.156. The van der Waals surface area contributed by atoms with Gasteiger partial charge in [0.25, 0.3) is 5.91 Å². The van der Waals surface area contributed by atoms with Crippen LogP contribution < -0.4 is 10.1 Å². The number of amides is 2. The summed E-state index contributed by atoms with van der Waals surface area (Å²) in [6.45, 7) is 8.90. The van der Waals surface area contributed by atoms with E-state index in [9.17, 15) is 14.4 Å². The van der Waals surface area contributed by atoms with E-state index in [0.29, 0.717) is 37.8 Å². The number of hydrogen-bond donors (Lipinski definition) is 1. The zero-order chi connectivity index (χ0) is 21.4. The van der Waals surface area contributed by atoms with Crippen molar-refractivity contribution in [3.8, 4) is 5.75 Å². The number of nitrogens with zero attached hydrogens (tertiary/aromatic N) is 1. The van der Waals surface area contributed by atoms with Crippen molar-refractivity contribution in [1.29, 1.82) is 0 Å². The van der Waals surface area contributed by atoms with Crippen LogP contribution >= 0.6 is 0 Å². The van der Waals surface area contributed by atoms with Crippen LogP contribution in [0.15, 0.2) is 24.3 Å². The summed E-state index contributed by atoms with van der Waals surface area (Å²) in [5.74, 6) is -0.0722. The molecule has 160 valence electrons. The molecular formula is C22H32N2O5. The van der Waals surface area contributed by atoms with Gasteiger partial charge in [-0.05, 0) is 43.4 Å². The van der Waals surface area contributed by atoms with Gasteiger partial charge in [-0.3, -0.25) is 14.4 Å². The molecule has 1 aliphatic heterocycles. The van der Waals surface area contributed by atoms with E-state index in [-0.39, 0.29) is 18.2 Å². The highest BCUT2D eigenvalue weighted by Crippen LogP contribution is 2.19. The van der Waals surface area contributed by atoms with Crippen molar-refractivity contribution < 1.29 is 23.9 Å². The van der Waals surface area contributed by atoms with Crippen molar-refractivity contribution in [3.63, 3.8) is 0 Å². The van der Waals surface area contributed by atoms with Gasteiger partial charge in [0.1, 0.15) is 11.8 Å². The number of carbonyl (C=O) groups is 3. The Labute approximate surface area is 172 Å². The Balaban J connectivity index is 2.05. The molecular weight excluding hydrogens is 372 g/mol. The van der Waals surface area contributed by atoms with E-state index in [1.54, 1.807) is 6.07 Å². The number of benzene rings is 1. The molecule has 1 N–H and O–H groups in total. The van der Waals surface area contributed by atoms with Gasteiger partial charge in [0.05, 0.1) is 13.0 Å². The van der Waals surface area contributed by atoms with Crippen LogP contribution in [0, 0.1) is 12.8 Å². The summed E-state index contributed by atoms with van der Waals surface area (Å²) < 4.78 is 11.1. The lowest BCUT2D eigenvalue weighted by Crippen LogP contribution is -2.60. The summed E-state index contributed by atoms with van der Waals surface area (Å²) in [6, 6.07) is 6.60. The van der Waals surface area contributed by atoms with E-state index in [4.69, 9.17) is 9.47 Å². The molecule has 2 atom stereocenters. The number of piperazine rings is 1. The molecule has 7 nitrogen and oxygen atoms in total. The Morgan fingerprint density at radius 1 is 1.31 bits per heavy atom. The molecule has 2 unspecified atom stereocenters. The molecule has 1 saturated heterocycles. The van der Waals surface area contributed by atoms with Crippen molar-refractivity contribution in [1.82, 2.24) is 10.2 Å². The standard InChI is InChI=1S/C22H32N2O5/c1-5-19(29-17-8-6-7-16(4)13-17)22(27)24-11-10-23-21(26)18(24)14-20(25)28-12-9-15(2)3/h6-8,13,15,18-19H,5,9-12,14H2,1-4H3,(H,23,26). The molecule has 1 aromatic carbocycles. The van der Waals surface area contributed by atoms with Crippen LogP contribution in [0.4, 0.5) is 0 Å². The Hall–Kier alpha value is -2.57. The van der Waals surface area contributed by atoms with E-state index in [0.717, 1.165) is 12.0 Å². The highest BCUT2D eigenvalue weighted by Gasteiger charge is 2.38. The number of carbonyl (C=O) groups excluding carboxylic acids is 3. The minimum Gasteiger partial charge on any atom is -0.481 e. The van der Waals surface area contributed by atoms with Crippen LogP contribution in [0.25, 0.3) is 0 Å². The van der Waals surface area contributed by atoms with Gasteiger partial charge in [-0.25, -0.2) is 0 Å². The fourth-order valence-electron chi connectivity index (χ4n) is 3.15. The summed E-state index contributed by atoms with van der Waals surface area (Å²) >= 11 is 0. The summed E-state index contributed by atoms with van der Waals surface area (Å²) in [4.78, 5) is 39.2. The van der Waals surface area contributed by atoms with Crippen molar-refractivity contribution in [2.24, 2.45) is 5.92 Å². The average molecular weight is 405 g/mol. The third-order valence-electron chi connectivity index (χ3n) is 4.85. The summed E-state index contributed by atoms with van der Waals surface area (Å²) in [7, 11) is 0. The van der Waals surface area contributed by atoms with Crippen LogP contribution in [0.5, 0.6) is 5.75 Å². The molecule has 0 radical (unpaired) electrons. The number of hydrogen-bond acceptors (Lipinski definition) is 5. The van der Waals surface area contributed by atoms with E-state index in [1.165, 1.54) is 4.90 Å². The SMILES string of the molecule is CCC(Oc1cccc(C)c1)C(=O)N1CCNC(=O)C1CC(=O)OCCC(C)C. The van der Waals surface area contributed by atoms with E-state index in [1.807, 2.05) is 45.9 Å². The molecule has 2 amide bonds. The van der Waals surface area contributed by atoms with Crippen LogP contribution in [0.3, 0.4) is 0 Å². The van der Waals surface area contributed by atoms with Gasteiger partial charge in [-0.2, -0.15) is 0 Å². The first-order valence-corrected chi connectivity index (χ1v) is 10.3. The summed E-state index contributed by atoms with van der Waals surface area (Å²) in [6.07, 6.45) is 0.336. The quantitative estimate of drug-likeness (QED) is 0.639. The highest BCUT2D eigenvalue weighted by atomic mass is 16.5. The first-order valence-electron chi connectivity index (χ1n) is 10.3. The summed E-state index contributed by atoms with van der Waals surface area (Å²) in [5.41, 5.74) is 1.03. The maximum atomic E-state index is 13.1. The second kappa shape index (κ2) is 10.8. The lowest BCUT2D eigenvalue weighted by Gasteiger charge is -2.36. The highest BCUT2D eigenvalue weighted by molar-refractivity contribution is 5.93. The lowest BCUT2D eigenvalue weighted by molar-refractivity contribution is -0.154. The molecule has 1 fully saturated rings. The molecule has 0 bridgehead atoms. The number of aryl methyl sites for hydroxylation is 1. The third kappa shape index (κ3) is 6.76. The molecule has 0 saturated carbocycles. The van der Waals surface area contributed by atoms with Crippen LogP contribution in [-0.2, 0) is 19.1 Å². The monoisotopic (exact) mass is 404 g/mol. The zero-order valence-electron chi connectivity index (χ0n) is 17.8. The molecule has 0 aromatic heterocycles. The second-order valence-electron chi connectivity index (χ2n) is 7.78. The zero-order valence-corrected chi connectivity index (χ0v) is 17.8. The second-order valence-corrected chi connectivity index (χ2v) is 7.78. The molecule has 1 heterocycles. The molecule has 0 spiro atoms. The maximum absolute atomic E-state index is 13.1. The van der Waals surface area contributed by atoms with E-state index >= 15 is 0 Å². The molecule has 2 rings (SSSR count). The van der Waals surface area contributed by atoms with Gasteiger partial charge in [0.2, 0.25) is 5.91 Å². The Bertz CT molecular complexity index is 719. The third-order valence-corrected chi connectivity index (χ3v) is 4.85. The Kier molecular flexibility index (Phi) is 8.49. The molecule has 7 heteroatoms. The molecule has 29 heavy (non-hydrogen) atoms. The lowest BCUT2D eigenvalue weighted by atomic mass is 10.1. The minimum atomic E-state index is -0.877. The topological polar surface area (TPSA) is 84.9 Å². The first-order chi connectivity index (χ1) is 13.8. The predicted octanol–water partition coefficient (Wildman–Crippen LogP) is 2.46. The normalized spacial score (nSPS) is 17.6. The smallest absolute Gasteiger partial charge is 0.308 e. The fraction of sp³-hybridized carbons (Fsp3) is 0.591. The predicted molar refractivity (Wildman–Crippen MR) is 109 cm³/mol. The fourth-order valence-corrected chi connectivity index (χ4v) is 3.15. The van der Waals surface area contributed by atoms with Gasteiger partial charge in [0.15, 0.2) is 6.10 Å².